The third-order valence-electron chi connectivity index (χ3n) is 3.18. The summed E-state index contributed by atoms with van der Waals surface area (Å²) in [6.45, 7) is 1.78. The fourth-order valence-corrected chi connectivity index (χ4v) is 2.22. The summed E-state index contributed by atoms with van der Waals surface area (Å²) in [6, 6.07) is 0. The normalized spacial score (nSPS) is 16.9. The van der Waals surface area contributed by atoms with Gasteiger partial charge in [0.2, 0.25) is 5.91 Å². The first-order chi connectivity index (χ1) is 7.33. The van der Waals surface area contributed by atoms with Crippen molar-refractivity contribution in [3.05, 3.63) is 0 Å². The van der Waals surface area contributed by atoms with E-state index in [1.165, 1.54) is 25.7 Å². The zero-order valence-electron chi connectivity index (χ0n) is 9.85. The Hall–Kier alpha value is -0.570. The Balaban J connectivity index is 1.93. The van der Waals surface area contributed by atoms with Crippen molar-refractivity contribution in [2.75, 3.05) is 20.1 Å². The van der Waals surface area contributed by atoms with E-state index in [4.69, 9.17) is 0 Å². The molecule has 3 heteroatoms. The van der Waals surface area contributed by atoms with Crippen LogP contribution in [0, 0.1) is 5.92 Å². The summed E-state index contributed by atoms with van der Waals surface area (Å²) >= 11 is 0. The number of carbonyl (C=O) groups is 1. The number of rotatable bonds is 7. The summed E-state index contributed by atoms with van der Waals surface area (Å²) in [5, 5.41) is 6.03. The zero-order chi connectivity index (χ0) is 10.9. The van der Waals surface area contributed by atoms with Gasteiger partial charge in [0.25, 0.3) is 0 Å². The summed E-state index contributed by atoms with van der Waals surface area (Å²) in [6.07, 6.45) is 8.26. The van der Waals surface area contributed by atoms with E-state index in [-0.39, 0.29) is 5.91 Å². The zero-order valence-corrected chi connectivity index (χ0v) is 9.85. The highest BCUT2D eigenvalue weighted by Crippen LogP contribution is 2.28. The number of amides is 1. The van der Waals surface area contributed by atoms with Gasteiger partial charge in [0, 0.05) is 13.0 Å². The fourth-order valence-electron chi connectivity index (χ4n) is 2.22. The molecule has 0 aromatic rings. The van der Waals surface area contributed by atoms with Crippen LogP contribution in [0.4, 0.5) is 0 Å². The Labute approximate surface area is 93.0 Å². The van der Waals surface area contributed by atoms with Crippen molar-refractivity contribution < 1.29 is 4.79 Å². The third kappa shape index (κ3) is 5.78. The van der Waals surface area contributed by atoms with Gasteiger partial charge >= 0.3 is 0 Å². The predicted octanol–water partition coefficient (Wildman–Crippen LogP) is 1.68. The van der Waals surface area contributed by atoms with Crippen LogP contribution in [0.1, 0.15) is 44.9 Å². The molecule has 0 bridgehead atoms. The van der Waals surface area contributed by atoms with Crippen LogP contribution in [0.2, 0.25) is 0 Å². The quantitative estimate of drug-likeness (QED) is 0.630. The van der Waals surface area contributed by atoms with E-state index >= 15 is 0 Å². The van der Waals surface area contributed by atoms with Gasteiger partial charge in [-0.2, -0.15) is 0 Å². The molecule has 0 aromatic carbocycles. The van der Waals surface area contributed by atoms with Crippen molar-refractivity contribution >= 4 is 5.91 Å². The lowest BCUT2D eigenvalue weighted by Crippen LogP contribution is -2.26. The van der Waals surface area contributed by atoms with Crippen LogP contribution in [0.25, 0.3) is 0 Å². The molecule has 0 saturated heterocycles. The molecule has 0 aromatic heterocycles. The maximum atomic E-state index is 11.4. The summed E-state index contributed by atoms with van der Waals surface area (Å²) in [4.78, 5) is 11.4. The number of nitrogens with one attached hydrogen (secondary N) is 2. The molecule has 0 aliphatic heterocycles. The lowest BCUT2D eigenvalue weighted by Gasteiger charge is -2.08. The molecule has 15 heavy (non-hydrogen) atoms. The lowest BCUT2D eigenvalue weighted by molar-refractivity contribution is -0.121. The molecular weight excluding hydrogens is 188 g/mol. The molecule has 0 unspecified atom stereocenters. The van der Waals surface area contributed by atoms with Crippen molar-refractivity contribution in [1.29, 1.82) is 0 Å². The number of hydrogen-bond donors (Lipinski definition) is 2. The average Bonchev–Trinajstić information content (AvgIpc) is 2.74. The molecule has 3 nitrogen and oxygen atoms in total. The van der Waals surface area contributed by atoms with E-state index in [0.29, 0.717) is 0 Å². The van der Waals surface area contributed by atoms with E-state index in [1.54, 1.807) is 0 Å². The highest BCUT2D eigenvalue weighted by atomic mass is 16.1. The highest BCUT2D eigenvalue weighted by molar-refractivity contribution is 5.75. The highest BCUT2D eigenvalue weighted by Gasteiger charge is 2.15. The lowest BCUT2D eigenvalue weighted by atomic mass is 10.0. The summed E-state index contributed by atoms with van der Waals surface area (Å²) in [5.74, 6) is 1.06. The Kier molecular flexibility index (Phi) is 6.41. The molecule has 0 radical (unpaired) electrons. The fraction of sp³-hybridized carbons (Fsp3) is 0.917. The maximum Gasteiger partial charge on any atom is 0.220 e. The number of carbonyl (C=O) groups excluding carboxylic acids is 1. The van der Waals surface area contributed by atoms with Crippen molar-refractivity contribution in [3.8, 4) is 0 Å². The van der Waals surface area contributed by atoms with Gasteiger partial charge in [-0.15, -0.1) is 0 Å². The first-order valence-electron chi connectivity index (χ1n) is 6.24. The Morgan fingerprint density at radius 3 is 2.67 bits per heavy atom. The number of hydrogen-bond acceptors (Lipinski definition) is 2. The van der Waals surface area contributed by atoms with Crippen molar-refractivity contribution in [2.45, 2.75) is 44.9 Å². The first-order valence-corrected chi connectivity index (χ1v) is 6.24. The molecular formula is C12H24N2O. The second-order valence-electron chi connectivity index (χ2n) is 4.50. The molecule has 1 amide bonds. The van der Waals surface area contributed by atoms with E-state index in [2.05, 4.69) is 10.6 Å². The van der Waals surface area contributed by atoms with Gasteiger partial charge in [0.1, 0.15) is 0 Å². The predicted molar refractivity (Wildman–Crippen MR) is 62.7 cm³/mol. The van der Waals surface area contributed by atoms with Crippen LogP contribution in [0.5, 0.6) is 0 Å². The van der Waals surface area contributed by atoms with E-state index in [1.807, 2.05) is 7.05 Å². The van der Waals surface area contributed by atoms with Gasteiger partial charge in [-0.1, -0.05) is 25.7 Å². The molecule has 1 aliphatic rings. The Morgan fingerprint density at radius 2 is 2.00 bits per heavy atom. The van der Waals surface area contributed by atoms with Crippen LogP contribution >= 0.6 is 0 Å². The van der Waals surface area contributed by atoms with Crippen LogP contribution < -0.4 is 10.6 Å². The SMILES string of the molecule is CNCCCNC(=O)CCC1CCCC1. The molecule has 1 saturated carbocycles. The van der Waals surface area contributed by atoms with E-state index in [0.717, 1.165) is 38.3 Å². The van der Waals surface area contributed by atoms with Gasteiger partial charge in [-0.3, -0.25) is 4.79 Å². The first kappa shape index (κ1) is 12.5. The third-order valence-corrected chi connectivity index (χ3v) is 3.18. The summed E-state index contributed by atoms with van der Waals surface area (Å²) < 4.78 is 0. The minimum atomic E-state index is 0.234. The second-order valence-corrected chi connectivity index (χ2v) is 4.50. The van der Waals surface area contributed by atoms with Crippen LogP contribution in [0.3, 0.4) is 0 Å². The van der Waals surface area contributed by atoms with Gasteiger partial charge in [-0.25, -0.2) is 0 Å². The largest absolute Gasteiger partial charge is 0.356 e. The van der Waals surface area contributed by atoms with Gasteiger partial charge < -0.3 is 10.6 Å². The van der Waals surface area contributed by atoms with Gasteiger partial charge in [0.05, 0.1) is 0 Å². The summed E-state index contributed by atoms with van der Waals surface area (Å²) in [7, 11) is 1.93. The molecule has 0 atom stereocenters. The van der Waals surface area contributed by atoms with Crippen molar-refractivity contribution in [1.82, 2.24) is 10.6 Å². The maximum absolute atomic E-state index is 11.4. The van der Waals surface area contributed by atoms with Crippen LogP contribution in [-0.4, -0.2) is 26.0 Å². The second kappa shape index (κ2) is 7.69. The van der Waals surface area contributed by atoms with Crippen LogP contribution in [0.15, 0.2) is 0 Å². The van der Waals surface area contributed by atoms with Crippen LogP contribution in [-0.2, 0) is 4.79 Å². The molecule has 2 N–H and O–H groups in total. The van der Waals surface area contributed by atoms with Gasteiger partial charge in [-0.05, 0) is 32.4 Å². The smallest absolute Gasteiger partial charge is 0.220 e. The van der Waals surface area contributed by atoms with Gasteiger partial charge in [0.15, 0.2) is 0 Å². The van der Waals surface area contributed by atoms with E-state index in [9.17, 15) is 4.79 Å². The molecule has 0 spiro atoms. The van der Waals surface area contributed by atoms with E-state index < -0.39 is 0 Å². The topological polar surface area (TPSA) is 41.1 Å². The Morgan fingerprint density at radius 1 is 1.27 bits per heavy atom. The molecule has 1 rings (SSSR count). The van der Waals surface area contributed by atoms with Crippen molar-refractivity contribution in [3.63, 3.8) is 0 Å². The minimum absolute atomic E-state index is 0.234. The minimum Gasteiger partial charge on any atom is -0.356 e. The summed E-state index contributed by atoms with van der Waals surface area (Å²) in [5.41, 5.74) is 0. The standard InChI is InChI=1S/C12H24N2O/c1-13-9-4-10-14-12(15)8-7-11-5-2-3-6-11/h11,13H,2-10H2,1H3,(H,14,15). The van der Waals surface area contributed by atoms with Crippen molar-refractivity contribution in [2.24, 2.45) is 5.92 Å². The molecule has 1 fully saturated rings. The average molecular weight is 212 g/mol. The molecule has 0 heterocycles. The monoisotopic (exact) mass is 212 g/mol. The molecule has 1 aliphatic carbocycles. The molecule has 88 valence electrons. The Bertz CT molecular complexity index is 176.